The molecule has 0 aliphatic rings. The zero-order valence-corrected chi connectivity index (χ0v) is 8.68. The minimum atomic E-state index is 0.694. The molecule has 5 heteroatoms. The summed E-state index contributed by atoms with van der Waals surface area (Å²) in [7, 11) is 1.93. The van der Waals surface area contributed by atoms with Crippen LogP contribution in [0.15, 0.2) is 0 Å². The molecule has 0 saturated heterocycles. The predicted molar refractivity (Wildman–Crippen MR) is 58.6 cm³/mol. The van der Waals surface area contributed by atoms with E-state index in [-0.39, 0.29) is 0 Å². The Morgan fingerprint density at radius 3 is 1.62 bits per heavy atom. The van der Waals surface area contributed by atoms with Gasteiger partial charge < -0.3 is 27.8 Å². The van der Waals surface area contributed by atoms with Gasteiger partial charge >= 0.3 is 0 Å². The van der Waals surface area contributed by atoms with E-state index in [4.69, 9.17) is 17.2 Å². The van der Waals surface area contributed by atoms with Crippen molar-refractivity contribution in [1.82, 2.24) is 10.6 Å². The van der Waals surface area contributed by atoms with Crippen LogP contribution >= 0.6 is 0 Å². The molecule has 0 aromatic carbocycles. The lowest BCUT2D eigenvalue weighted by atomic mass is 10.4. The van der Waals surface area contributed by atoms with E-state index in [0.717, 1.165) is 32.6 Å². The molecule has 8 N–H and O–H groups in total. The van der Waals surface area contributed by atoms with E-state index in [1.165, 1.54) is 0 Å². The number of hydrogen-bond acceptors (Lipinski definition) is 5. The van der Waals surface area contributed by atoms with Crippen molar-refractivity contribution >= 4 is 0 Å². The molecule has 0 rings (SSSR count). The summed E-state index contributed by atoms with van der Waals surface area (Å²) < 4.78 is 0. The minimum Gasteiger partial charge on any atom is -0.330 e. The van der Waals surface area contributed by atoms with Gasteiger partial charge in [0.05, 0.1) is 0 Å². The molecule has 13 heavy (non-hydrogen) atoms. The van der Waals surface area contributed by atoms with Crippen molar-refractivity contribution < 1.29 is 0 Å². The van der Waals surface area contributed by atoms with Crippen LogP contribution in [0.3, 0.4) is 0 Å². The molecule has 0 amide bonds. The van der Waals surface area contributed by atoms with Crippen molar-refractivity contribution in [3.8, 4) is 0 Å². The lowest BCUT2D eigenvalue weighted by Crippen LogP contribution is -2.27. The molecule has 0 saturated carbocycles. The van der Waals surface area contributed by atoms with E-state index < -0.39 is 0 Å². The lowest BCUT2D eigenvalue weighted by molar-refractivity contribution is 0.696. The molecular weight excluding hydrogens is 166 g/mol. The van der Waals surface area contributed by atoms with Crippen molar-refractivity contribution in [2.45, 2.75) is 6.42 Å². The highest BCUT2D eigenvalue weighted by atomic mass is 14.9. The molecule has 0 fully saturated rings. The normalized spacial score (nSPS) is 9.23. The smallest absolute Gasteiger partial charge is 0.00750 e. The van der Waals surface area contributed by atoms with Crippen molar-refractivity contribution in [2.24, 2.45) is 17.2 Å². The van der Waals surface area contributed by atoms with Crippen LogP contribution < -0.4 is 27.8 Å². The standard InChI is InChI=1S/C4H13N3.C4H12N2/c5-1-3-7-4-2-6;1-6-4-2-3-5/h7H,1-6H2;6H,2-5H2,1H3. The van der Waals surface area contributed by atoms with Crippen LogP contribution in [0.1, 0.15) is 6.42 Å². The first kappa shape index (κ1) is 15.3. The highest BCUT2D eigenvalue weighted by Crippen LogP contribution is 1.63. The molecule has 0 atom stereocenters. The largest absolute Gasteiger partial charge is 0.330 e. The summed E-state index contributed by atoms with van der Waals surface area (Å²) in [6.07, 6.45) is 1.08. The fourth-order valence-electron chi connectivity index (χ4n) is 0.608. The van der Waals surface area contributed by atoms with E-state index >= 15 is 0 Å². The van der Waals surface area contributed by atoms with Crippen LogP contribution in [-0.2, 0) is 0 Å². The van der Waals surface area contributed by atoms with Gasteiger partial charge in [-0.2, -0.15) is 0 Å². The van der Waals surface area contributed by atoms with Crippen molar-refractivity contribution in [3.63, 3.8) is 0 Å². The van der Waals surface area contributed by atoms with Gasteiger partial charge in [-0.1, -0.05) is 0 Å². The molecule has 0 aromatic rings. The number of nitrogens with two attached hydrogens (primary N) is 3. The summed E-state index contributed by atoms with van der Waals surface area (Å²) in [5.74, 6) is 0. The second-order valence-electron chi connectivity index (χ2n) is 2.57. The minimum absolute atomic E-state index is 0.694. The van der Waals surface area contributed by atoms with E-state index in [1.54, 1.807) is 0 Å². The monoisotopic (exact) mass is 191 g/mol. The zero-order chi connectivity index (χ0) is 10.4. The van der Waals surface area contributed by atoms with Gasteiger partial charge in [0, 0.05) is 26.2 Å². The Bertz CT molecular complexity index is 61.6. The van der Waals surface area contributed by atoms with Gasteiger partial charge in [0.2, 0.25) is 0 Å². The second kappa shape index (κ2) is 17.8. The lowest BCUT2D eigenvalue weighted by Gasteiger charge is -1.95. The van der Waals surface area contributed by atoms with Gasteiger partial charge in [-0.3, -0.25) is 0 Å². The fraction of sp³-hybridized carbons (Fsp3) is 1.00. The summed E-state index contributed by atoms with van der Waals surface area (Å²) >= 11 is 0. The Morgan fingerprint density at radius 2 is 1.38 bits per heavy atom. The quantitative estimate of drug-likeness (QED) is 0.301. The van der Waals surface area contributed by atoms with Crippen molar-refractivity contribution in [3.05, 3.63) is 0 Å². The van der Waals surface area contributed by atoms with Crippen LogP contribution in [0.4, 0.5) is 0 Å². The van der Waals surface area contributed by atoms with Crippen molar-refractivity contribution in [2.75, 3.05) is 46.3 Å². The van der Waals surface area contributed by atoms with Gasteiger partial charge in [0.1, 0.15) is 0 Å². The summed E-state index contributed by atoms with van der Waals surface area (Å²) in [6.45, 7) is 4.96. The summed E-state index contributed by atoms with van der Waals surface area (Å²) in [5, 5.41) is 6.02. The summed E-state index contributed by atoms with van der Waals surface area (Å²) in [5.41, 5.74) is 15.5. The maximum absolute atomic E-state index is 5.17. The highest BCUT2D eigenvalue weighted by Gasteiger charge is 1.76. The van der Waals surface area contributed by atoms with Crippen LogP contribution in [-0.4, -0.2) is 46.3 Å². The maximum Gasteiger partial charge on any atom is 0.00750 e. The Balaban J connectivity index is 0. The first-order valence-corrected chi connectivity index (χ1v) is 4.79. The Morgan fingerprint density at radius 1 is 0.846 bits per heavy atom. The number of nitrogens with one attached hydrogen (secondary N) is 2. The van der Waals surface area contributed by atoms with Gasteiger partial charge in [-0.15, -0.1) is 0 Å². The Hall–Kier alpha value is -0.200. The third-order valence-electron chi connectivity index (χ3n) is 1.27. The van der Waals surface area contributed by atoms with Crippen LogP contribution in [0.5, 0.6) is 0 Å². The average molecular weight is 191 g/mol. The summed E-state index contributed by atoms with van der Waals surface area (Å²) in [4.78, 5) is 0. The molecular formula is C8H25N5. The average Bonchev–Trinajstić information content (AvgIpc) is 2.17. The molecule has 82 valence electrons. The molecule has 0 heterocycles. The number of hydrogen-bond donors (Lipinski definition) is 5. The van der Waals surface area contributed by atoms with E-state index in [1.807, 2.05) is 7.05 Å². The third kappa shape index (κ3) is 24.5. The van der Waals surface area contributed by atoms with Crippen LogP contribution in [0, 0.1) is 0 Å². The molecule has 0 aliphatic carbocycles. The second-order valence-corrected chi connectivity index (χ2v) is 2.57. The molecule has 0 unspecified atom stereocenters. The first-order valence-electron chi connectivity index (χ1n) is 4.79. The van der Waals surface area contributed by atoms with Crippen LogP contribution in [0.2, 0.25) is 0 Å². The van der Waals surface area contributed by atoms with Gasteiger partial charge in [-0.25, -0.2) is 0 Å². The van der Waals surface area contributed by atoms with Gasteiger partial charge in [0.15, 0.2) is 0 Å². The SMILES string of the molecule is CNCCCN.NCCNCCN. The van der Waals surface area contributed by atoms with Gasteiger partial charge in [0.25, 0.3) is 0 Å². The maximum atomic E-state index is 5.17. The predicted octanol–water partition coefficient (Wildman–Crippen LogP) is -1.95. The van der Waals surface area contributed by atoms with E-state index in [9.17, 15) is 0 Å². The molecule has 0 aromatic heterocycles. The molecule has 0 spiro atoms. The molecule has 0 aliphatic heterocycles. The van der Waals surface area contributed by atoms with E-state index in [0.29, 0.717) is 13.1 Å². The van der Waals surface area contributed by atoms with Crippen LogP contribution in [0.25, 0.3) is 0 Å². The molecule has 5 nitrogen and oxygen atoms in total. The summed E-state index contributed by atoms with van der Waals surface area (Å²) in [6, 6.07) is 0. The van der Waals surface area contributed by atoms with Gasteiger partial charge in [-0.05, 0) is 26.6 Å². The molecule has 0 radical (unpaired) electrons. The van der Waals surface area contributed by atoms with Crippen molar-refractivity contribution in [1.29, 1.82) is 0 Å². The highest BCUT2D eigenvalue weighted by molar-refractivity contribution is 4.45. The molecule has 0 bridgehead atoms. The Kier molecular flexibility index (Phi) is 20.9. The number of rotatable bonds is 7. The first-order chi connectivity index (χ1) is 6.33. The topological polar surface area (TPSA) is 102 Å². The third-order valence-corrected chi connectivity index (χ3v) is 1.27. The Labute approximate surface area is 81.4 Å². The fourth-order valence-corrected chi connectivity index (χ4v) is 0.608. The van der Waals surface area contributed by atoms with E-state index in [2.05, 4.69) is 10.6 Å². The zero-order valence-electron chi connectivity index (χ0n) is 8.68.